The predicted molar refractivity (Wildman–Crippen MR) is 40.9 cm³/mol. The zero-order chi connectivity index (χ0) is 6.27. The second kappa shape index (κ2) is 2.77. The lowest BCUT2D eigenvalue weighted by atomic mass is 9.97. The van der Waals surface area contributed by atoms with E-state index in [2.05, 4.69) is 11.4 Å². The van der Waals surface area contributed by atoms with Crippen LogP contribution >= 0.6 is 12.4 Å². The molecule has 0 spiro atoms. The lowest BCUT2D eigenvalue weighted by Gasteiger charge is -2.14. The molecule has 56 valence electrons. The molecule has 0 unspecified atom stereocenters. The Bertz CT molecular complexity index is 163. The maximum Gasteiger partial charge on any atom is 0.0659 e. The van der Waals surface area contributed by atoms with E-state index in [-0.39, 0.29) is 12.4 Å². The van der Waals surface area contributed by atoms with Crippen molar-refractivity contribution in [2.24, 2.45) is 11.8 Å². The predicted octanol–water partition coefficient (Wildman–Crippen LogP) is 0.930. The van der Waals surface area contributed by atoms with Crippen molar-refractivity contribution in [2.45, 2.75) is 18.9 Å². The lowest BCUT2D eigenvalue weighted by Crippen LogP contribution is -2.28. The van der Waals surface area contributed by atoms with Crippen molar-refractivity contribution in [3.63, 3.8) is 0 Å². The Morgan fingerprint density at radius 3 is 2.50 bits per heavy atom. The molecule has 0 aromatic carbocycles. The van der Waals surface area contributed by atoms with E-state index in [1.807, 2.05) is 0 Å². The van der Waals surface area contributed by atoms with Gasteiger partial charge in [0.1, 0.15) is 0 Å². The second-order valence-corrected chi connectivity index (χ2v) is 3.07. The van der Waals surface area contributed by atoms with Crippen molar-refractivity contribution in [1.82, 2.24) is 5.32 Å². The first-order valence-electron chi connectivity index (χ1n) is 3.53. The molecule has 2 nitrogen and oxygen atoms in total. The van der Waals surface area contributed by atoms with Crippen molar-refractivity contribution < 1.29 is 0 Å². The average molecular weight is 159 g/mol. The Balaban J connectivity index is 0.000000500. The quantitative estimate of drug-likeness (QED) is 0.570. The molecule has 1 saturated carbocycles. The first kappa shape index (κ1) is 7.84. The number of halogens is 1. The molecule has 2 rings (SSSR count). The molecule has 10 heavy (non-hydrogen) atoms. The van der Waals surface area contributed by atoms with Gasteiger partial charge in [-0.15, -0.1) is 12.4 Å². The standard InChI is InChI=1S/C7H10N2.ClH/c8-3-5-1-7-2-6(5)4-9-7;/h5-7,9H,1-2,4H2;1H/t5-,6-,7+;/m0./s1. The highest BCUT2D eigenvalue weighted by molar-refractivity contribution is 5.85. The summed E-state index contributed by atoms with van der Waals surface area (Å²) < 4.78 is 0. The first-order valence-corrected chi connectivity index (χ1v) is 3.53. The summed E-state index contributed by atoms with van der Waals surface area (Å²) in [5.74, 6) is 1.05. The number of nitriles is 1. The molecule has 0 aromatic heterocycles. The molecule has 2 aliphatic rings. The lowest BCUT2D eigenvalue weighted by molar-refractivity contribution is 0.423. The number of nitrogens with zero attached hydrogens (tertiary/aromatic N) is 1. The van der Waals surface area contributed by atoms with Gasteiger partial charge in [-0.05, 0) is 25.3 Å². The molecule has 3 atom stereocenters. The summed E-state index contributed by atoms with van der Waals surface area (Å²) >= 11 is 0. The van der Waals surface area contributed by atoms with Gasteiger partial charge in [0.25, 0.3) is 0 Å². The van der Waals surface area contributed by atoms with Crippen LogP contribution in [0, 0.1) is 23.2 Å². The zero-order valence-corrected chi connectivity index (χ0v) is 6.53. The van der Waals surface area contributed by atoms with Crippen molar-refractivity contribution in [1.29, 1.82) is 5.26 Å². The highest BCUT2D eigenvalue weighted by Crippen LogP contribution is 2.35. The maximum atomic E-state index is 8.61. The maximum absolute atomic E-state index is 8.61. The molecule has 0 radical (unpaired) electrons. The summed E-state index contributed by atoms with van der Waals surface area (Å²) in [5.41, 5.74) is 0. The Morgan fingerprint density at radius 2 is 2.20 bits per heavy atom. The van der Waals surface area contributed by atoms with Crippen molar-refractivity contribution in [3.05, 3.63) is 0 Å². The molecular weight excluding hydrogens is 148 g/mol. The van der Waals surface area contributed by atoms with Crippen LogP contribution < -0.4 is 5.32 Å². The Kier molecular flexibility index (Phi) is 2.18. The Morgan fingerprint density at radius 1 is 1.40 bits per heavy atom. The molecule has 0 aromatic rings. The third-order valence-electron chi connectivity index (χ3n) is 2.53. The van der Waals surface area contributed by atoms with E-state index in [1.165, 1.54) is 6.42 Å². The fraction of sp³-hybridized carbons (Fsp3) is 0.857. The average Bonchev–Trinajstić information content (AvgIpc) is 2.45. The normalized spacial score (nSPS) is 42.5. The third kappa shape index (κ3) is 1.00. The van der Waals surface area contributed by atoms with Gasteiger partial charge in [-0.25, -0.2) is 0 Å². The molecule has 1 aliphatic carbocycles. The first-order chi connectivity index (χ1) is 4.40. The van der Waals surface area contributed by atoms with Crippen LogP contribution in [0.5, 0.6) is 0 Å². The van der Waals surface area contributed by atoms with Crippen LogP contribution in [0.25, 0.3) is 0 Å². The molecule has 3 heteroatoms. The number of piperidine rings is 1. The van der Waals surface area contributed by atoms with Crippen molar-refractivity contribution in [2.75, 3.05) is 6.54 Å². The van der Waals surface area contributed by atoms with Crippen LogP contribution in [0.3, 0.4) is 0 Å². The highest BCUT2D eigenvalue weighted by atomic mass is 35.5. The van der Waals surface area contributed by atoms with Crippen LogP contribution in [0.2, 0.25) is 0 Å². The molecule has 2 bridgehead atoms. The number of hydrogen-bond acceptors (Lipinski definition) is 2. The van der Waals surface area contributed by atoms with E-state index in [4.69, 9.17) is 5.26 Å². The summed E-state index contributed by atoms with van der Waals surface area (Å²) in [7, 11) is 0. The topological polar surface area (TPSA) is 35.8 Å². The Hall–Kier alpha value is -0.260. The smallest absolute Gasteiger partial charge is 0.0659 e. The van der Waals surface area contributed by atoms with Crippen LogP contribution in [0.4, 0.5) is 0 Å². The summed E-state index contributed by atoms with van der Waals surface area (Å²) in [4.78, 5) is 0. The van der Waals surface area contributed by atoms with Gasteiger partial charge in [0.15, 0.2) is 0 Å². The molecule has 1 aliphatic heterocycles. The van der Waals surface area contributed by atoms with Crippen molar-refractivity contribution >= 4 is 12.4 Å². The minimum atomic E-state index is 0. The molecule has 1 heterocycles. The van der Waals surface area contributed by atoms with Gasteiger partial charge in [0.05, 0.1) is 12.0 Å². The van der Waals surface area contributed by atoms with Gasteiger partial charge in [-0.1, -0.05) is 0 Å². The zero-order valence-electron chi connectivity index (χ0n) is 5.71. The van der Waals surface area contributed by atoms with E-state index >= 15 is 0 Å². The van der Waals surface area contributed by atoms with Crippen LogP contribution in [-0.2, 0) is 0 Å². The van der Waals surface area contributed by atoms with Crippen LogP contribution in [0.15, 0.2) is 0 Å². The minimum Gasteiger partial charge on any atom is -0.314 e. The largest absolute Gasteiger partial charge is 0.314 e. The van der Waals surface area contributed by atoms with E-state index in [9.17, 15) is 0 Å². The van der Waals surface area contributed by atoms with E-state index < -0.39 is 0 Å². The molecule has 1 N–H and O–H groups in total. The fourth-order valence-electron chi connectivity index (χ4n) is 1.99. The van der Waals surface area contributed by atoms with Gasteiger partial charge >= 0.3 is 0 Å². The summed E-state index contributed by atoms with van der Waals surface area (Å²) in [5, 5.41) is 12.0. The summed E-state index contributed by atoms with van der Waals surface area (Å²) in [6.07, 6.45) is 2.35. The SMILES string of the molecule is Cl.N#C[C@@H]1C[C@@H]2C[C@H]1CN2. The monoisotopic (exact) mass is 158 g/mol. The molecule has 0 amide bonds. The molecular formula is C7H11ClN2. The Labute approximate surface area is 67.0 Å². The number of hydrogen-bond donors (Lipinski definition) is 1. The second-order valence-electron chi connectivity index (χ2n) is 3.07. The number of nitrogens with one attached hydrogen (secondary N) is 1. The summed E-state index contributed by atoms with van der Waals surface area (Å²) in [6.45, 7) is 1.09. The van der Waals surface area contributed by atoms with Gasteiger partial charge < -0.3 is 5.32 Å². The van der Waals surface area contributed by atoms with Crippen molar-refractivity contribution in [3.8, 4) is 6.07 Å². The van der Waals surface area contributed by atoms with Gasteiger partial charge in [0, 0.05) is 6.04 Å². The van der Waals surface area contributed by atoms with Gasteiger partial charge in [0.2, 0.25) is 0 Å². The van der Waals surface area contributed by atoms with Gasteiger partial charge in [-0.3, -0.25) is 0 Å². The number of rotatable bonds is 0. The van der Waals surface area contributed by atoms with E-state index in [1.54, 1.807) is 0 Å². The van der Waals surface area contributed by atoms with Gasteiger partial charge in [-0.2, -0.15) is 5.26 Å². The molecule has 1 saturated heterocycles. The number of fused-ring (bicyclic) bond motifs is 2. The fourth-order valence-corrected chi connectivity index (χ4v) is 1.99. The molecule has 2 fully saturated rings. The van der Waals surface area contributed by atoms with Crippen LogP contribution in [0.1, 0.15) is 12.8 Å². The summed E-state index contributed by atoms with van der Waals surface area (Å²) in [6, 6.07) is 3.04. The van der Waals surface area contributed by atoms with E-state index in [0.717, 1.165) is 13.0 Å². The third-order valence-corrected chi connectivity index (χ3v) is 2.53. The van der Waals surface area contributed by atoms with E-state index in [0.29, 0.717) is 17.9 Å². The minimum absolute atomic E-state index is 0. The highest BCUT2D eigenvalue weighted by Gasteiger charge is 2.39. The van der Waals surface area contributed by atoms with Crippen LogP contribution in [-0.4, -0.2) is 12.6 Å².